The number of rotatable bonds is 8. The molecule has 0 spiro atoms. The van der Waals surface area contributed by atoms with Gasteiger partial charge in [-0.1, -0.05) is 54.1 Å². The molecule has 1 saturated heterocycles. The van der Waals surface area contributed by atoms with E-state index in [9.17, 15) is 0 Å². The summed E-state index contributed by atoms with van der Waals surface area (Å²) in [6.07, 6.45) is 4.51. The first-order valence-corrected chi connectivity index (χ1v) is 13.4. The van der Waals surface area contributed by atoms with E-state index in [1.54, 1.807) is 6.20 Å². The fraction of sp³-hybridized carbons (Fsp3) is 0.300. The molecule has 0 aliphatic carbocycles. The van der Waals surface area contributed by atoms with Crippen LogP contribution in [0.3, 0.4) is 0 Å². The molecule has 2 aromatic carbocycles. The predicted octanol–water partition coefficient (Wildman–Crippen LogP) is 5.49. The molecule has 2 aromatic heterocycles. The highest BCUT2D eigenvalue weighted by molar-refractivity contribution is 6.32. The Hall–Kier alpha value is -3.52. The largest absolute Gasteiger partial charge is 0.354 e. The monoisotopic (exact) mass is 527 g/mol. The van der Waals surface area contributed by atoms with Gasteiger partial charge >= 0.3 is 0 Å². The standard InChI is InChI=1S/C30H34ClN7/c1-30(2,32)24-10-8-23(9-11-24)28-26(31)21-34-29(36-28)35-25-12-6-22(7-13-25)14-16-37-17-19-38(20-18-37)27-5-3-4-15-33-27/h3-13,15,21H,14,16-20,32H2,1-2H3,(H,34,35,36). The highest BCUT2D eigenvalue weighted by atomic mass is 35.5. The molecule has 0 radical (unpaired) electrons. The normalized spacial score (nSPS) is 14.5. The summed E-state index contributed by atoms with van der Waals surface area (Å²) in [5, 5.41) is 3.81. The van der Waals surface area contributed by atoms with Gasteiger partial charge in [-0.05, 0) is 55.7 Å². The molecular formula is C30H34ClN7. The van der Waals surface area contributed by atoms with Gasteiger partial charge in [0.05, 0.1) is 16.9 Å². The Labute approximate surface area is 229 Å². The van der Waals surface area contributed by atoms with E-state index in [2.05, 4.69) is 60.4 Å². The second-order valence-corrected chi connectivity index (χ2v) is 10.7. The van der Waals surface area contributed by atoms with E-state index >= 15 is 0 Å². The third-order valence-corrected chi connectivity index (χ3v) is 7.20. The van der Waals surface area contributed by atoms with E-state index in [0.717, 1.165) is 61.8 Å². The molecule has 3 heterocycles. The Morgan fingerprint density at radius 3 is 2.32 bits per heavy atom. The van der Waals surface area contributed by atoms with Gasteiger partial charge in [-0.2, -0.15) is 0 Å². The predicted molar refractivity (Wildman–Crippen MR) is 156 cm³/mol. The molecule has 3 N–H and O–H groups in total. The fourth-order valence-electron chi connectivity index (χ4n) is 4.60. The molecule has 1 aliphatic rings. The highest BCUT2D eigenvalue weighted by Gasteiger charge is 2.18. The number of nitrogens with two attached hydrogens (primary N) is 1. The fourth-order valence-corrected chi connectivity index (χ4v) is 4.80. The van der Waals surface area contributed by atoms with Crippen LogP contribution in [0, 0.1) is 0 Å². The molecule has 8 heteroatoms. The smallest absolute Gasteiger partial charge is 0.227 e. The average Bonchev–Trinajstić information content (AvgIpc) is 2.94. The summed E-state index contributed by atoms with van der Waals surface area (Å²) in [6.45, 7) is 9.15. The lowest BCUT2D eigenvalue weighted by Gasteiger charge is -2.35. The molecular weight excluding hydrogens is 494 g/mol. The van der Waals surface area contributed by atoms with Crippen LogP contribution in [-0.4, -0.2) is 52.6 Å². The molecule has 0 amide bonds. The van der Waals surface area contributed by atoms with Gasteiger partial charge in [0.2, 0.25) is 5.95 Å². The molecule has 4 aromatic rings. The molecule has 0 bridgehead atoms. The number of halogens is 1. The van der Waals surface area contributed by atoms with Crippen LogP contribution in [0.1, 0.15) is 25.0 Å². The van der Waals surface area contributed by atoms with Crippen LogP contribution in [0.25, 0.3) is 11.3 Å². The quantitative estimate of drug-likeness (QED) is 0.313. The van der Waals surface area contributed by atoms with Crippen molar-refractivity contribution < 1.29 is 0 Å². The molecule has 5 rings (SSSR count). The number of pyridine rings is 1. The van der Waals surface area contributed by atoms with Crippen LogP contribution < -0.4 is 16.0 Å². The minimum absolute atomic E-state index is 0.401. The Kier molecular flexibility index (Phi) is 7.88. The van der Waals surface area contributed by atoms with Gasteiger partial charge in [-0.25, -0.2) is 15.0 Å². The van der Waals surface area contributed by atoms with Crippen molar-refractivity contribution >= 4 is 29.1 Å². The first kappa shape index (κ1) is 26.1. The van der Waals surface area contributed by atoms with Gasteiger partial charge in [0.25, 0.3) is 0 Å². The number of hydrogen-bond donors (Lipinski definition) is 2. The zero-order valence-electron chi connectivity index (χ0n) is 21.9. The summed E-state index contributed by atoms with van der Waals surface area (Å²) in [7, 11) is 0. The van der Waals surface area contributed by atoms with Crippen molar-refractivity contribution in [3.05, 3.63) is 95.3 Å². The van der Waals surface area contributed by atoms with Crippen molar-refractivity contribution in [1.82, 2.24) is 19.9 Å². The number of benzene rings is 2. The van der Waals surface area contributed by atoms with Crippen LogP contribution in [0.15, 0.2) is 79.1 Å². The third-order valence-electron chi connectivity index (χ3n) is 6.92. The molecule has 0 unspecified atom stereocenters. The maximum atomic E-state index is 6.43. The van der Waals surface area contributed by atoms with E-state index in [-0.39, 0.29) is 0 Å². The second kappa shape index (κ2) is 11.5. The van der Waals surface area contributed by atoms with E-state index in [1.165, 1.54) is 5.56 Å². The Morgan fingerprint density at radius 1 is 0.921 bits per heavy atom. The number of nitrogens with zero attached hydrogens (tertiary/aromatic N) is 5. The highest BCUT2D eigenvalue weighted by Crippen LogP contribution is 2.29. The molecule has 7 nitrogen and oxygen atoms in total. The summed E-state index contributed by atoms with van der Waals surface area (Å²) < 4.78 is 0. The molecule has 1 fully saturated rings. The van der Waals surface area contributed by atoms with E-state index in [1.807, 2.05) is 56.4 Å². The van der Waals surface area contributed by atoms with Crippen LogP contribution in [-0.2, 0) is 12.0 Å². The lowest BCUT2D eigenvalue weighted by atomic mass is 9.94. The zero-order chi connectivity index (χ0) is 26.5. The maximum absolute atomic E-state index is 6.43. The van der Waals surface area contributed by atoms with E-state index < -0.39 is 5.54 Å². The minimum atomic E-state index is -0.401. The lowest BCUT2D eigenvalue weighted by Crippen LogP contribution is -2.47. The van der Waals surface area contributed by atoms with Gasteiger partial charge < -0.3 is 16.0 Å². The van der Waals surface area contributed by atoms with Gasteiger partial charge in [0.15, 0.2) is 0 Å². The Bertz CT molecular complexity index is 1330. The number of anilines is 3. The number of nitrogens with one attached hydrogen (secondary N) is 1. The summed E-state index contributed by atoms with van der Waals surface area (Å²) in [6, 6.07) is 22.6. The van der Waals surface area contributed by atoms with Gasteiger partial charge in [-0.3, -0.25) is 4.90 Å². The van der Waals surface area contributed by atoms with Crippen molar-refractivity contribution in [1.29, 1.82) is 0 Å². The van der Waals surface area contributed by atoms with Gasteiger partial charge in [0, 0.05) is 55.7 Å². The molecule has 0 atom stereocenters. The second-order valence-electron chi connectivity index (χ2n) is 10.3. The molecule has 0 saturated carbocycles. The van der Waals surface area contributed by atoms with E-state index in [0.29, 0.717) is 16.7 Å². The minimum Gasteiger partial charge on any atom is -0.354 e. The maximum Gasteiger partial charge on any atom is 0.227 e. The van der Waals surface area contributed by atoms with Crippen molar-refractivity contribution in [3.8, 4) is 11.3 Å². The first-order chi connectivity index (χ1) is 18.3. The van der Waals surface area contributed by atoms with Crippen molar-refractivity contribution in [2.45, 2.75) is 25.8 Å². The number of hydrogen-bond acceptors (Lipinski definition) is 7. The van der Waals surface area contributed by atoms with Crippen LogP contribution in [0.4, 0.5) is 17.5 Å². The van der Waals surface area contributed by atoms with Gasteiger partial charge in [-0.15, -0.1) is 0 Å². The molecule has 1 aliphatic heterocycles. The first-order valence-electron chi connectivity index (χ1n) is 13.0. The van der Waals surface area contributed by atoms with Crippen LogP contribution in [0.2, 0.25) is 5.02 Å². The van der Waals surface area contributed by atoms with Crippen molar-refractivity contribution in [2.75, 3.05) is 42.9 Å². The lowest BCUT2D eigenvalue weighted by molar-refractivity contribution is 0.260. The topological polar surface area (TPSA) is 83.2 Å². The average molecular weight is 528 g/mol. The zero-order valence-corrected chi connectivity index (χ0v) is 22.7. The molecule has 196 valence electrons. The summed E-state index contributed by atoms with van der Waals surface area (Å²) in [5.74, 6) is 1.58. The Morgan fingerprint density at radius 2 is 1.66 bits per heavy atom. The van der Waals surface area contributed by atoms with Crippen LogP contribution in [0.5, 0.6) is 0 Å². The Balaban J connectivity index is 1.15. The number of piperazine rings is 1. The summed E-state index contributed by atoms with van der Waals surface area (Å²) in [4.78, 5) is 18.4. The third kappa shape index (κ3) is 6.48. The SMILES string of the molecule is CC(C)(N)c1ccc(-c2nc(Nc3ccc(CCN4CCN(c5ccccn5)CC4)cc3)ncc2Cl)cc1. The van der Waals surface area contributed by atoms with Crippen molar-refractivity contribution in [2.24, 2.45) is 5.73 Å². The van der Waals surface area contributed by atoms with Gasteiger partial charge in [0.1, 0.15) is 5.82 Å². The summed E-state index contributed by atoms with van der Waals surface area (Å²) in [5.41, 5.74) is 10.7. The van der Waals surface area contributed by atoms with E-state index in [4.69, 9.17) is 17.3 Å². The van der Waals surface area contributed by atoms with Crippen molar-refractivity contribution in [3.63, 3.8) is 0 Å². The molecule has 38 heavy (non-hydrogen) atoms. The van der Waals surface area contributed by atoms with Crippen LogP contribution >= 0.6 is 11.6 Å². The summed E-state index contributed by atoms with van der Waals surface area (Å²) >= 11 is 6.43. The number of aromatic nitrogens is 3.